The summed E-state index contributed by atoms with van der Waals surface area (Å²) in [4.78, 5) is 8.08. The third-order valence-electron chi connectivity index (χ3n) is 3.47. The van der Waals surface area contributed by atoms with Crippen LogP contribution in [0.15, 0.2) is 41.2 Å². The van der Waals surface area contributed by atoms with E-state index in [0.29, 0.717) is 36.1 Å². The van der Waals surface area contributed by atoms with Crippen LogP contribution in [0.4, 0.5) is 4.39 Å². The monoisotopic (exact) mass is 298 g/mol. The summed E-state index contributed by atoms with van der Waals surface area (Å²) in [5.74, 6) is 1.08. The van der Waals surface area contributed by atoms with Gasteiger partial charge in [-0.05, 0) is 36.6 Å². The largest absolute Gasteiger partial charge is 0.480 e. The molecule has 0 saturated heterocycles. The minimum Gasteiger partial charge on any atom is -0.480 e. The van der Waals surface area contributed by atoms with Crippen molar-refractivity contribution >= 4 is 0 Å². The van der Waals surface area contributed by atoms with Gasteiger partial charge in [0.1, 0.15) is 17.3 Å². The Labute approximate surface area is 125 Å². The molecular weight excluding hydrogens is 287 g/mol. The normalized spacial score (nSPS) is 16.9. The van der Waals surface area contributed by atoms with Crippen LogP contribution >= 0.6 is 0 Å². The zero-order valence-corrected chi connectivity index (χ0v) is 11.4. The van der Waals surface area contributed by atoms with Crippen molar-refractivity contribution in [2.45, 2.75) is 18.9 Å². The number of halogens is 1. The zero-order valence-electron chi connectivity index (χ0n) is 11.4. The Morgan fingerprint density at radius 3 is 3.00 bits per heavy atom. The van der Waals surface area contributed by atoms with Crippen molar-refractivity contribution in [3.63, 3.8) is 0 Å². The maximum Gasteiger partial charge on any atom is 0.268 e. The molecule has 6 nitrogen and oxygen atoms in total. The van der Waals surface area contributed by atoms with Gasteiger partial charge >= 0.3 is 0 Å². The second-order valence-electron chi connectivity index (χ2n) is 4.93. The average Bonchev–Trinajstić information content (AvgIpc) is 3.05. The van der Waals surface area contributed by atoms with E-state index in [0.717, 1.165) is 5.56 Å². The molecule has 0 spiro atoms. The van der Waals surface area contributed by atoms with Crippen molar-refractivity contribution in [2.24, 2.45) is 0 Å². The van der Waals surface area contributed by atoms with Gasteiger partial charge in [-0.15, -0.1) is 10.2 Å². The van der Waals surface area contributed by atoms with Gasteiger partial charge in [0.15, 0.2) is 6.10 Å². The lowest BCUT2D eigenvalue weighted by atomic mass is 10.0. The molecule has 4 rings (SSSR count). The highest BCUT2D eigenvalue weighted by atomic mass is 19.1. The summed E-state index contributed by atoms with van der Waals surface area (Å²) in [5.41, 5.74) is 1.37. The number of benzene rings is 1. The van der Waals surface area contributed by atoms with Gasteiger partial charge in [-0.25, -0.2) is 9.37 Å². The molecule has 1 atom stereocenters. The molecular formula is C15H11FN4O2. The van der Waals surface area contributed by atoms with Gasteiger partial charge in [-0.1, -0.05) is 0 Å². The Kier molecular flexibility index (Phi) is 3.03. The third kappa shape index (κ3) is 2.30. The first kappa shape index (κ1) is 12.9. The molecule has 7 heteroatoms. The molecule has 0 aliphatic carbocycles. The second-order valence-corrected chi connectivity index (χ2v) is 4.93. The molecule has 0 saturated carbocycles. The lowest BCUT2D eigenvalue weighted by molar-refractivity contribution is 0.144. The fraction of sp³-hybridized carbons (Fsp3) is 0.200. The summed E-state index contributed by atoms with van der Waals surface area (Å²) in [7, 11) is 0. The number of rotatable bonds is 2. The molecule has 1 unspecified atom stereocenters. The summed E-state index contributed by atoms with van der Waals surface area (Å²) >= 11 is 0. The number of ether oxygens (including phenoxy) is 1. The molecule has 0 radical (unpaired) electrons. The Balaban J connectivity index is 1.59. The number of nitrogens with zero attached hydrogens (tertiary/aromatic N) is 4. The molecule has 1 aliphatic rings. The number of fused-ring (bicyclic) bond motifs is 1. The fourth-order valence-electron chi connectivity index (χ4n) is 2.41. The number of hydrogen-bond acceptors (Lipinski definition) is 6. The topological polar surface area (TPSA) is 73.9 Å². The molecule has 3 aromatic rings. The molecule has 1 aliphatic heterocycles. The molecule has 0 N–H and O–H groups in total. The van der Waals surface area contributed by atoms with E-state index in [2.05, 4.69) is 20.2 Å². The van der Waals surface area contributed by atoms with Crippen LogP contribution < -0.4 is 4.74 Å². The van der Waals surface area contributed by atoms with Crippen molar-refractivity contribution in [3.8, 4) is 17.3 Å². The average molecular weight is 298 g/mol. The van der Waals surface area contributed by atoms with Crippen LogP contribution in [-0.2, 0) is 6.42 Å². The Hall–Kier alpha value is -2.83. The molecule has 0 amide bonds. The van der Waals surface area contributed by atoms with Crippen molar-refractivity contribution in [1.82, 2.24) is 20.2 Å². The van der Waals surface area contributed by atoms with Crippen LogP contribution in [0, 0.1) is 5.82 Å². The van der Waals surface area contributed by atoms with Crippen LogP contribution in [0.1, 0.15) is 24.0 Å². The second kappa shape index (κ2) is 5.18. The van der Waals surface area contributed by atoms with Crippen molar-refractivity contribution in [1.29, 1.82) is 0 Å². The summed E-state index contributed by atoms with van der Waals surface area (Å²) in [6.45, 7) is 0. The van der Waals surface area contributed by atoms with E-state index in [1.54, 1.807) is 24.7 Å². The minimum absolute atomic E-state index is 0.261. The SMILES string of the molecule is Fc1ccc2c(c1)CCC(c1nnc(-c3cnccn3)o1)O2. The summed E-state index contributed by atoms with van der Waals surface area (Å²) in [6.07, 6.45) is 5.69. The van der Waals surface area contributed by atoms with E-state index in [-0.39, 0.29) is 11.9 Å². The van der Waals surface area contributed by atoms with Gasteiger partial charge in [0.2, 0.25) is 0 Å². The van der Waals surface area contributed by atoms with E-state index in [1.807, 2.05) is 0 Å². The molecule has 110 valence electrons. The van der Waals surface area contributed by atoms with Crippen LogP contribution in [0.25, 0.3) is 11.6 Å². The van der Waals surface area contributed by atoms with E-state index < -0.39 is 0 Å². The lowest BCUT2D eigenvalue weighted by Crippen LogP contribution is -2.15. The number of aryl methyl sites for hydroxylation is 1. The Bertz CT molecular complexity index is 806. The van der Waals surface area contributed by atoms with Gasteiger partial charge in [0.25, 0.3) is 11.8 Å². The van der Waals surface area contributed by atoms with Crippen LogP contribution in [-0.4, -0.2) is 20.2 Å². The van der Waals surface area contributed by atoms with Crippen LogP contribution in [0.2, 0.25) is 0 Å². The molecule has 1 aromatic carbocycles. The highest BCUT2D eigenvalue weighted by molar-refractivity contribution is 5.43. The van der Waals surface area contributed by atoms with Crippen LogP contribution in [0.5, 0.6) is 5.75 Å². The van der Waals surface area contributed by atoms with Gasteiger partial charge in [-0.2, -0.15) is 0 Å². The summed E-state index contributed by atoms with van der Waals surface area (Å²) in [6, 6.07) is 4.49. The van der Waals surface area contributed by atoms with Crippen molar-refractivity contribution in [3.05, 3.63) is 54.1 Å². The smallest absolute Gasteiger partial charge is 0.268 e. The summed E-state index contributed by atoms with van der Waals surface area (Å²) in [5, 5.41) is 8.00. The van der Waals surface area contributed by atoms with Gasteiger partial charge in [0.05, 0.1) is 6.20 Å². The molecule has 0 fully saturated rings. The van der Waals surface area contributed by atoms with Crippen LogP contribution in [0.3, 0.4) is 0 Å². The first-order valence-corrected chi connectivity index (χ1v) is 6.84. The van der Waals surface area contributed by atoms with Gasteiger partial charge < -0.3 is 9.15 Å². The van der Waals surface area contributed by atoms with E-state index in [1.165, 1.54) is 12.1 Å². The van der Waals surface area contributed by atoms with Gasteiger partial charge in [0, 0.05) is 12.4 Å². The minimum atomic E-state index is -0.337. The Morgan fingerprint density at radius 2 is 2.14 bits per heavy atom. The maximum atomic E-state index is 13.2. The predicted octanol–water partition coefficient (Wildman–Crippen LogP) is 2.73. The highest BCUT2D eigenvalue weighted by Gasteiger charge is 2.26. The zero-order chi connectivity index (χ0) is 14.9. The maximum absolute atomic E-state index is 13.2. The molecule has 3 heterocycles. The van der Waals surface area contributed by atoms with Gasteiger partial charge in [-0.3, -0.25) is 4.98 Å². The van der Waals surface area contributed by atoms with E-state index in [9.17, 15) is 4.39 Å². The first-order chi connectivity index (χ1) is 10.8. The Morgan fingerprint density at radius 1 is 1.18 bits per heavy atom. The fourth-order valence-corrected chi connectivity index (χ4v) is 2.41. The molecule has 2 aromatic heterocycles. The number of hydrogen-bond donors (Lipinski definition) is 0. The first-order valence-electron chi connectivity index (χ1n) is 6.84. The molecule has 0 bridgehead atoms. The molecule has 22 heavy (non-hydrogen) atoms. The van der Waals surface area contributed by atoms with E-state index >= 15 is 0 Å². The van der Waals surface area contributed by atoms with Crippen molar-refractivity contribution < 1.29 is 13.5 Å². The standard InChI is InChI=1S/C15H11FN4O2/c16-10-2-4-12-9(7-10)1-3-13(21-12)15-20-19-14(22-15)11-8-17-5-6-18-11/h2,4-8,13H,1,3H2. The summed E-state index contributed by atoms with van der Waals surface area (Å²) < 4.78 is 24.6. The lowest BCUT2D eigenvalue weighted by Gasteiger charge is -2.23. The van der Waals surface area contributed by atoms with E-state index in [4.69, 9.17) is 9.15 Å². The third-order valence-corrected chi connectivity index (χ3v) is 3.47. The predicted molar refractivity (Wildman–Crippen MR) is 73.4 cm³/mol. The van der Waals surface area contributed by atoms with Crippen molar-refractivity contribution in [2.75, 3.05) is 0 Å². The number of aromatic nitrogens is 4. The quantitative estimate of drug-likeness (QED) is 0.724. The highest BCUT2D eigenvalue weighted by Crippen LogP contribution is 2.35.